The number of carboxylic acid groups (broad SMARTS) is 1. The number of H-pyrrole nitrogens is 1. The first-order valence-corrected chi connectivity index (χ1v) is 6.56. The standard InChI is InChI=1S/C14H16N2O3/c17-13(18)2-1-5-16-6-3-11-14-10(8-15-11)4-7-19-9-12(14)16/h3,6,8H,1-2,4-5,7,9H2,(H,17,18)/p+1. The third-order valence-corrected chi connectivity index (χ3v) is 3.59. The second-order valence-electron chi connectivity index (χ2n) is 4.86. The van der Waals surface area contributed by atoms with Crippen LogP contribution in [0.3, 0.4) is 0 Å². The van der Waals surface area contributed by atoms with E-state index in [1.165, 1.54) is 10.9 Å². The van der Waals surface area contributed by atoms with Crippen molar-refractivity contribution < 1.29 is 19.2 Å². The molecule has 0 fully saturated rings. The highest BCUT2D eigenvalue weighted by Gasteiger charge is 2.22. The van der Waals surface area contributed by atoms with Crippen LogP contribution in [0, 0.1) is 0 Å². The molecule has 0 radical (unpaired) electrons. The molecule has 2 aromatic heterocycles. The van der Waals surface area contributed by atoms with Gasteiger partial charge in [-0.25, -0.2) is 0 Å². The van der Waals surface area contributed by atoms with E-state index < -0.39 is 5.97 Å². The summed E-state index contributed by atoms with van der Waals surface area (Å²) < 4.78 is 7.76. The van der Waals surface area contributed by atoms with Gasteiger partial charge in [0.2, 0.25) is 5.69 Å². The Balaban J connectivity index is 1.95. The smallest absolute Gasteiger partial charge is 0.303 e. The lowest BCUT2D eigenvalue weighted by Crippen LogP contribution is -2.38. The van der Waals surface area contributed by atoms with E-state index in [9.17, 15) is 4.79 Å². The number of hydrogen-bond donors (Lipinski definition) is 2. The third kappa shape index (κ3) is 2.33. The molecule has 0 saturated heterocycles. The zero-order valence-corrected chi connectivity index (χ0v) is 10.7. The molecule has 3 heterocycles. The second kappa shape index (κ2) is 5.01. The molecule has 3 rings (SSSR count). The Morgan fingerprint density at radius 3 is 3.26 bits per heavy atom. The van der Waals surface area contributed by atoms with E-state index in [0.29, 0.717) is 19.6 Å². The molecule has 0 bridgehead atoms. The van der Waals surface area contributed by atoms with Crippen molar-refractivity contribution in [1.29, 1.82) is 0 Å². The maximum atomic E-state index is 10.6. The van der Waals surface area contributed by atoms with E-state index in [0.717, 1.165) is 24.2 Å². The van der Waals surface area contributed by atoms with Crippen LogP contribution in [0.4, 0.5) is 0 Å². The SMILES string of the molecule is O=C(O)CCC[n+]1ccc2[nH]cc3c2c1COCC3. The van der Waals surface area contributed by atoms with Gasteiger partial charge >= 0.3 is 5.97 Å². The highest BCUT2D eigenvalue weighted by Crippen LogP contribution is 2.23. The molecule has 0 amide bonds. The maximum absolute atomic E-state index is 10.6. The lowest BCUT2D eigenvalue weighted by molar-refractivity contribution is -0.704. The molecule has 0 aliphatic carbocycles. The molecule has 5 heteroatoms. The molecule has 1 aliphatic heterocycles. The molecule has 100 valence electrons. The van der Waals surface area contributed by atoms with Gasteiger partial charge in [-0.2, -0.15) is 4.57 Å². The zero-order chi connectivity index (χ0) is 13.2. The summed E-state index contributed by atoms with van der Waals surface area (Å²) in [5.41, 5.74) is 3.57. The summed E-state index contributed by atoms with van der Waals surface area (Å²) in [4.78, 5) is 13.9. The molecule has 2 aromatic rings. The summed E-state index contributed by atoms with van der Waals surface area (Å²) in [5, 5.41) is 9.96. The third-order valence-electron chi connectivity index (χ3n) is 3.59. The fourth-order valence-electron chi connectivity index (χ4n) is 2.67. The first-order chi connectivity index (χ1) is 9.25. The monoisotopic (exact) mass is 261 g/mol. The van der Waals surface area contributed by atoms with Crippen LogP contribution in [0.25, 0.3) is 10.9 Å². The summed E-state index contributed by atoms with van der Waals surface area (Å²) in [6.07, 6.45) is 5.81. The largest absolute Gasteiger partial charge is 0.481 e. The molecule has 0 unspecified atom stereocenters. The number of aryl methyl sites for hydroxylation is 1. The fourth-order valence-corrected chi connectivity index (χ4v) is 2.67. The number of aliphatic carboxylic acids is 1. The quantitative estimate of drug-likeness (QED) is 0.817. The summed E-state index contributed by atoms with van der Waals surface area (Å²) in [7, 11) is 0. The van der Waals surface area contributed by atoms with Crippen LogP contribution >= 0.6 is 0 Å². The number of nitrogens with one attached hydrogen (secondary N) is 1. The van der Waals surface area contributed by atoms with Crippen molar-refractivity contribution in [3.8, 4) is 0 Å². The van der Waals surface area contributed by atoms with Gasteiger partial charge in [0.25, 0.3) is 0 Å². The summed E-state index contributed by atoms with van der Waals surface area (Å²) >= 11 is 0. The Morgan fingerprint density at radius 1 is 1.53 bits per heavy atom. The van der Waals surface area contributed by atoms with Gasteiger partial charge in [-0.05, 0) is 12.0 Å². The van der Waals surface area contributed by atoms with Crippen molar-refractivity contribution in [2.45, 2.75) is 32.4 Å². The van der Waals surface area contributed by atoms with Crippen LogP contribution in [0.1, 0.15) is 24.1 Å². The molecule has 2 N–H and O–H groups in total. The number of ether oxygens (including phenoxy) is 1. The maximum Gasteiger partial charge on any atom is 0.303 e. The Labute approximate surface area is 110 Å². The highest BCUT2D eigenvalue weighted by atomic mass is 16.5. The average molecular weight is 261 g/mol. The Bertz CT molecular complexity index is 618. The van der Waals surface area contributed by atoms with Crippen molar-refractivity contribution in [3.05, 3.63) is 29.7 Å². The lowest BCUT2D eigenvalue weighted by atomic mass is 10.1. The van der Waals surface area contributed by atoms with Crippen molar-refractivity contribution in [2.24, 2.45) is 0 Å². The number of carbonyl (C=O) groups is 1. The Hall–Kier alpha value is -1.88. The number of nitrogens with zero attached hydrogens (tertiary/aromatic N) is 1. The van der Waals surface area contributed by atoms with E-state index >= 15 is 0 Å². The van der Waals surface area contributed by atoms with E-state index in [4.69, 9.17) is 9.84 Å². The van der Waals surface area contributed by atoms with Gasteiger partial charge in [-0.15, -0.1) is 0 Å². The molecule has 0 aromatic carbocycles. The van der Waals surface area contributed by atoms with Gasteiger partial charge in [-0.3, -0.25) is 4.79 Å². The zero-order valence-electron chi connectivity index (χ0n) is 10.7. The number of carboxylic acids is 1. The van der Waals surface area contributed by atoms with Crippen LogP contribution < -0.4 is 4.57 Å². The van der Waals surface area contributed by atoms with Crippen LogP contribution in [0.5, 0.6) is 0 Å². The Kier molecular flexibility index (Phi) is 3.21. The topological polar surface area (TPSA) is 66.2 Å². The van der Waals surface area contributed by atoms with Crippen molar-refractivity contribution >= 4 is 16.9 Å². The minimum Gasteiger partial charge on any atom is -0.481 e. The van der Waals surface area contributed by atoms with Gasteiger partial charge in [0.15, 0.2) is 6.20 Å². The normalized spacial score (nSPS) is 14.5. The number of hydrogen-bond acceptors (Lipinski definition) is 2. The predicted molar refractivity (Wildman–Crippen MR) is 68.7 cm³/mol. The van der Waals surface area contributed by atoms with E-state index in [-0.39, 0.29) is 6.42 Å². The van der Waals surface area contributed by atoms with Crippen LogP contribution in [0.2, 0.25) is 0 Å². The molecule has 0 atom stereocenters. The van der Waals surface area contributed by atoms with Crippen LogP contribution in [0.15, 0.2) is 18.5 Å². The Morgan fingerprint density at radius 2 is 2.42 bits per heavy atom. The van der Waals surface area contributed by atoms with Gasteiger partial charge in [0.05, 0.1) is 23.9 Å². The highest BCUT2D eigenvalue weighted by molar-refractivity contribution is 5.84. The minimum atomic E-state index is -0.744. The van der Waals surface area contributed by atoms with Crippen molar-refractivity contribution in [2.75, 3.05) is 6.61 Å². The second-order valence-corrected chi connectivity index (χ2v) is 4.86. The number of aromatic nitrogens is 2. The predicted octanol–water partition coefficient (Wildman–Crippen LogP) is 1.39. The lowest BCUT2D eigenvalue weighted by Gasteiger charge is -2.04. The van der Waals surface area contributed by atoms with Gasteiger partial charge in [-0.1, -0.05) is 0 Å². The number of pyridine rings is 1. The minimum absolute atomic E-state index is 0.200. The van der Waals surface area contributed by atoms with Crippen LogP contribution in [-0.2, 0) is 29.1 Å². The van der Waals surface area contributed by atoms with Crippen molar-refractivity contribution in [1.82, 2.24) is 4.98 Å². The van der Waals surface area contributed by atoms with Gasteiger partial charge in [0, 0.05) is 18.7 Å². The van der Waals surface area contributed by atoms with Crippen molar-refractivity contribution in [3.63, 3.8) is 0 Å². The van der Waals surface area contributed by atoms with E-state index in [1.807, 2.05) is 12.4 Å². The molecular formula is C14H17N2O3+. The molecule has 5 nitrogen and oxygen atoms in total. The van der Waals surface area contributed by atoms with Gasteiger partial charge < -0.3 is 14.8 Å². The first-order valence-electron chi connectivity index (χ1n) is 6.56. The average Bonchev–Trinajstić information content (AvgIpc) is 2.66. The molecule has 19 heavy (non-hydrogen) atoms. The van der Waals surface area contributed by atoms with Crippen LogP contribution in [-0.4, -0.2) is 22.7 Å². The summed E-state index contributed by atoms with van der Waals surface area (Å²) in [6.45, 7) is 2.04. The van der Waals surface area contributed by atoms with E-state index in [2.05, 4.69) is 15.6 Å². The molecule has 0 spiro atoms. The van der Waals surface area contributed by atoms with Gasteiger partial charge in [0.1, 0.15) is 13.2 Å². The summed E-state index contributed by atoms with van der Waals surface area (Å²) in [6, 6.07) is 2.05. The molecule has 0 saturated carbocycles. The number of rotatable bonds is 4. The summed E-state index contributed by atoms with van der Waals surface area (Å²) in [5.74, 6) is -0.744. The fraction of sp³-hybridized carbons (Fsp3) is 0.429. The molecular weight excluding hydrogens is 244 g/mol. The van der Waals surface area contributed by atoms with E-state index in [1.54, 1.807) is 0 Å². The number of aromatic amines is 1. The first kappa shape index (κ1) is 12.2. The molecule has 1 aliphatic rings.